The molecule has 28 heavy (non-hydrogen) atoms. The number of fused-ring (bicyclic) bond motifs is 1. The lowest BCUT2D eigenvalue weighted by Gasteiger charge is -2.23. The van der Waals surface area contributed by atoms with Crippen LogP contribution in [0.15, 0.2) is 42.5 Å². The Balaban J connectivity index is 1.71. The molecule has 2 heterocycles. The van der Waals surface area contributed by atoms with E-state index in [2.05, 4.69) is 25.1 Å². The average Bonchev–Trinajstić information content (AvgIpc) is 3.09. The largest absolute Gasteiger partial charge is 0.325 e. The summed E-state index contributed by atoms with van der Waals surface area (Å²) in [7, 11) is -3.16. The summed E-state index contributed by atoms with van der Waals surface area (Å²) in [6.07, 6.45) is 0.924. The van der Waals surface area contributed by atoms with E-state index in [-0.39, 0.29) is 29.6 Å². The quantitative estimate of drug-likeness (QED) is 0.741. The van der Waals surface area contributed by atoms with Crippen LogP contribution in [-0.4, -0.2) is 42.9 Å². The third-order valence-electron chi connectivity index (χ3n) is 5.95. The highest BCUT2D eigenvalue weighted by Gasteiger charge is 2.53. The van der Waals surface area contributed by atoms with E-state index in [9.17, 15) is 13.2 Å². The molecule has 0 N–H and O–H groups in total. The van der Waals surface area contributed by atoms with Gasteiger partial charge in [-0.15, -0.1) is 0 Å². The number of urea groups is 1. The minimum atomic E-state index is -3.16. The third kappa shape index (κ3) is 3.30. The zero-order valence-electron chi connectivity index (χ0n) is 16.6. The second-order valence-corrected chi connectivity index (χ2v) is 10.1. The molecule has 2 aliphatic heterocycles. The number of sulfone groups is 1. The van der Waals surface area contributed by atoms with Crippen molar-refractivity contribution in [1.29, 1.82) is 0 Å². The predicted molar refractivity (Wildman–Crippen MR) is 111 cm³/mol. The monoisotopic (exact) mass is 398 g/mol. The Morgan fingerprint density at radius 3 is 2.36 bits per heavy atom. The lowest BCUT2D eigenvalue weighted by Crippen LogP contribution is -2.37. The highest BCUT2D eigenvalue weighted by atomic mass is 32.2. The number of hydrogen-bond donors (Lipinski definition) is 0. The molecule has 0 unspecified atom stereocenters. The van der Waals surface area contributed by atoms with Gasteiger partial charge in [0.25, 0.3) is 0 Å². The molecular weight excluding hydrogens is 372 g/mol. The molecule has 2 saturated heterocycles. The Morgan fingerprint density at radius 2 is 1.68 bits per heavy atom. The van der Waals surface area contributed by atoms with Gasteiger partial charge in [0.05, 0.1) is 23.6 Å². The van der Waals surface area contributed by atoms with E-state index >= 15 is 0 Å². The summed E-state index contributed by atoms with van der Waals surface area (Å²) in [5.41, 5.74) is 5.28. The fraction of sp³-hybridized carbons (Fsp3) is 0.409. The minimum Gasteiger partial charge on any atom is -0.314 e. The number of nitrogens with zero attached hydrogens (tertiary/aromatic N) is 2. The Hall–Kier alpha value is -2.34. The smallest absolute Gasteiger partial charge is 0.314 e. The standard InChI is InChI=1S/C22H26N2O3S/c1-4-17-7-9-19(10-8-17)24-21-14-28(26,27)13-20(21)23(22(24)25)12-18-11-15(2)5-6-16(18)3/h5-11,20-21H,4,12-14H2,1-3H3/t20-,21+/m0/s1. The Kier molecular flexibility index (Phi) is 4.70. The van der Waals surface area contributed by atoms with Crippen molar-refractivity contribution in [3.05, 3.63) is 64.7 Å². The SMILES string of the molecule is CCc1ccc(N2C(=O)N(Cc3cc(C)ccc3C)[C@H]3CS(=O)(=O)C[C@H]32)cc1. The maximum absolute atomic E-state index is 13.3. The third-order valence-corrected chi connectivity index (χ3v) is 7.64. The van der Waals surface area contributed by atoms with Crippen molar-refractivity contribution in [3.63, 3.8) is 0 Å². The second kappa shape index (κ2) is 6.92. The van der Waals surface area contributed by atoms with E-state index in [1.54, 1.807) is 9.80 Å². The van der Waals surface area contributed by atoms with Gasteiger partial charge in [-0.2, -0.15) is 0 Å². The number of aryl methyl sites for hydroxylation is 3. The van der Waals surface area contributed by atoms with Gasteiger partial charge >= 0.3 is 6.03 Å². The second-order valence-electron chi connectivity index (χ2n) is 7.94. The molecule has 2 atom stereocenters. The van der Waals surface area contributed by atoms with Crippen LogP contribution in [0.5, 0.6) is 0 Å². The van der Waals surface area contributed by atoms with Crippen LogP contribution in [-0.2, 0) is 22.8 Å². The molecule has 148 valence electrons. The Morgan fingerprint density at radius 1 is 1.00 bits per heavy atom. The normalized spacial score (nSPS) is 23.3. The van der Waals surface area contributed by atoms with Crippen LogP contribution in [0, 0.1) is 13.8 Å². The van der Waals surface area contributed by atoms with Crippen molar-refractivity contribution < 1.29 is 13.2 Å². The predicted octanol–water partition coefficient (Wildman–Crippen LogP) is 3.47. The fourth-order valence-electron chi connectivity index (χ4n) is 4.31. The molecule has 4 rings (SSSR count). The first-order valence-corrected chi connectivity index (χ1v) is 11.6. The van der Waals surface area contributed by atoms with Gasteiger partial charge in [0.15, 0.2) is 9.84 Å². The highest BCUT2D eigenvalue weighted by molar-refractivity contribution is 7.91. The molecular formula is C22H26N2O3S. The summed E-state index contributed by atoms with van der Waals surface area (Å²) >= 11 is 0. The molecule has 2 aromatic rings. The Labute approximate surface area is 166 Å². The molecule has 5 nitrogen and oxygen atoms in total. The van der Waals surface area contributed by atoms with E-state index in [0.717, 1.165) is 28.8 Å². The van der Waals surface area contributed by atoms with Crippen molar-refractivity contribution in [2.75, 3.05) is 16.4 Å². The average molecular weight is 399 g/mol. The van der Waals surface area contributed by atoms with E-state index in [1.807, 2.05) is 38.1 Å². The lowest BCUT2D eigenvalue weighted by molar-refractivity contribution is 0.205. The van der Waals surface area contributed by atoms with Gasteiger partial charge in [0.2, 0.25) is 0 Å². The molecule has 0 radical (unpaired) electrons. The van der Waals surface area contributed by atoms with Gasteiger partial charge in [-0.05, 0) is 49.1 Å². The van der Waals surface area contributed by atoms with Crippen molar-refractivity contribution in [2.45, 2.75) is 45.8 Å². The molecule has 0 aliphatic carbocycles. The maximum atomic E-state index is 13.3. The van der Waals surface area contributed by atoms with E-state index in [1.165, 1.54) is 5.56 Å². The topological polar surface area (TPSA) is 57.7 Å². The van der Waals surface area contributed by atoms with Gasteiger partial charge in [0, 0.05) is 12.2 Å². The first kappa shape index (κ1) is 19.0. The maximum Gasteiger partial charge on any atom is 0.325 e. The van der Waals surface area contributed by atoms with Crippen LogP contribution in [0.2, 0.25) is 0 Å². The molecule has 2 aliphatic rings. The summed E-state index contributed by atoms with van der Waals surface area (Å²) in [5, 5.41) is 0. The summed E-state index contributed by atoms with van der Waals surface area (Å²) in [6, 6.07) is 13.3. The van der Waals surface area contributed by atoms with Gasteiger partial charge in [0.1, 0.15) is 0 Å². The number of amides is 2. The van der Waals surface area contributed by atoms with Crippen LogP contribution in [0.4, 0.5) is 10.5 Å². The number of carbonyl (C=O) groups is 1. The molecule has 0 bridgehead atoms. The van der Waals surface area contributed by atoms with Crippen molar-refractivity contribution >= 4 is 21.6 Å². The van der Waals surface area contributed by atoms with Crippen LogP contribution < -0.4 is 4.90 Å². The van der Waals surface area contributed by atoms with Gasteiger partial charge < -0.3 is 4.90 Å². The summed E-state index contributed by atoms with van der Waals surface area (Å²) in [4.78, 5) is 16.8. The number of anilines is 1. The first-order chi connectivity index (χ1) is 13.3. The lowest BCUT2D eigenvalue weighted by atomic mass is 10.0. The van der Waals surface area contributed by atoms with Crippen molar-refractivity contribution in [3.8, 4) is 0 Å². The highest BCUT2D eigenvalue weighted by Crippen LogP contribution is 2.36. The van der Waals surface area contributed by atoms with Gasteiger partial charge in [-0.1, -0.05) is 42.8 Å². The number of benzene rings is 2. The van der Waals surface area contributed by atoms with Crippen LogP contribution in [0.1, 0.15) is 29.2 Å². The summed E-state index contributed by atoms with van der Waals surface area (Å²) in [5.74, 6) is 0.0695. The minimum absolute atomic E-state index is 0.0300. The molecule has 2 aromatic carbocycles. The summed E-state index contributed by atoms with van der Waals surface area (Å²) < 4.78 is 24.8. The first-order valence-electron chi connectivity index (χ1n) is 9.74. The number of carbonyl (C=O) groups excluding carboxylic acids is 1. The Bertz CT molecular complexity index is 1010. The summed E-state index contributed by atoms with van der Waals surface area (Å²) in [6.45, 7) is 6.58. The molecule has 6 heteroatoms. The number of hydrogen-bond acceptors (Lipinski definition) is 3. The molecule has 2 fully saturated rings. The molecule has 0 saturated carbocycles. The van der Waals surface area contributed by atoms with Crippen molar-refractivity contribution in [2.24, 2.45) is 0 Å². The number of rotatable bonds is 4. The zero-order chi connectivity index (χ0) is 20.1. The van der Waals surface area contributed by atoms with Gasteiger partial charge in [-0.25, -0.2) is 13.2 Å². The van der Waals surface area contributed by atoms with Crippen LogP contribution in [0.3, 0.4) is 0 Å². The zero-order valence-corrected chi connectivity index (χ0v) is 17.4. The van der Waals surface area contributed by atoms with Gasteiger partial charge in [-0.3, -0.25) is 4.90 Å². The molecule has 0 spiro atoms. The fourth-order valence-corrected chi connectivity index (χ4v) is 6.26. The van der Waals surface area contributed by atoms with Crippen molar-refractivity contribution in [1.82, 2.24) is 4.90 Å². The molecule has 0 aromatic heterocycles. The molecule has 2 amide bonds. The van der Waals surface area contributed by atoms with E-state index < -0.39 is 9.84 Å². The van der Waals surface area contributed by atoms with E-state index in [4.69, 9.17) is 0 Å². The van der Waals surface area contributed by atoms with E-state index in [0.29, 0.717) is 6.54 Å². The van der Waals surface area contributed by atoms with Crippen LogP contribution >= 0.6 is 0 Å². The van der Waals surface area contributed by atoms with Crippen LogP contribution in [0.25, 0.3) is 0 Å².